The molecule has 0 bridgehead atoms. The fourth-order valence-corrected chi connectivity index (χ4v) is 3.35. The monoisotopic (exact) mass is 306 g/mol. The van der Waals surface area contributed by atoms with Gasteiger partial charge in [-0.05, 0) is 17.4 Å². The van der Waals surface area contributed by atoms with Crippen molar-refractivity contribution in [2.75, 3.05) is 5.75 Å². The Morgan fingerprint density at radius 3 is 2.95 bits per heavy atom. The van der Waals surface area contributed by atoms with Gasteiger partial charge in [0.25, 0.3) is 5.56 Å². The first-order chi connectivity index (χ1) is 9.61. The van der Waals surface area contributed by atoms with Gasteiger partial charge in [0.05, 0.1) is 5.69 Å². The minimum atomic E-state index is -0.0203. The van der Waals surface area contributed by atoms with Crippen LogP contribution in [0, 0.1) is 0 Å². The van der Waals surface area contributed by atoms with Gasteiger partial charge in [-0.1, -0.05) is 37.8 Å². The molecule has 1 N–H and O–H groups in total. The second kappa shape index (κ2) is 6.90. The van der Waals surface area contributed by atoms with Gasteiger partial charge in [0.2, 0.25) is 0 Å². The van der Waals surface area contributed by atoms with E-state index in [-0.39, 0.29) is 11.5 Å². The fourth-order valence-electron chi connectivity index (χ4n) is 2.02. The van der Waals surface area contributed by atoms with E-state index in [2.05, 4.69) is 22.6 Å². The lowest BCUT2D eigenvalue weighted by atomic mass is 10.0. The van der Waals surface area contributed by atoms with E-state index >= 15 is 0 Å². The molecule has 106 valence electrons. The molecular formula is C15H18N2OS2. The van der Waals surface area contributed by atoms with Crippen LogP contribution in [0.4, 0.5) is 0 Å². The topological polar surface area (TPSA) is 45.8 Å². The average Bonchev–Trinajstić information content (AvgIpc) is 2.88. The smallest absolute Gasteiger partial charge is 0.255 e. The highest BCUT2D eigenvalue weighted by Gasteiger charge is 2.15. The number of thiophene rings is 1. The molecule has 2 rings (SSSR count). The Hall–Kier alpha value is -1.33. The van der Waals surface area contributed by atoms with Gasteiger partial charge in [-0.25, -0.2) is 4.98 Å². The molecule has 0 amide bonds. The molecule has 0 aliphatic carbocycles. The van der Waals surface area contributed by atoms with Crippen LogP contribution in [0.15, 0.2) is 40.1 Å². The van der Waals surface area contributed by atoms with E-state index in [1.54, 1.807) is 17.4 Å². The van der Waals surface area contributed by atoms with Crippen molar-refractivity contribution in [3.63, 3.8) is 0 Å². The third-order valence-corrected chi connectivity index (χ3v) is 4.60. The summed E-state index contributed by atoms with van der Waals surface area (Å²) >= 11 is 3.19. The summed E-state index contributed by atoms with van der Waals surface area (Å²) in [5, 5.41) is 2.72. The predicted molar refractivity (Wildman–Crippen MR) is 87.0 cm³/mol. The molecule has 0 spiro atoms. The number of rotatable bonds is 6. The lowest BCUT2D eigenvalue weighted by molar-refractivity contribution is 0.766. The van der Waals surface area contributed by atoms with Gasteiger partial charge < -0.3 is 4.98 Å². The number of aromatic nitrogens is 2. The summed E-state index contributed by atoms with van der Waals surface area (Å²) in [6.07, 6.45) is 2.52. The van der Waals surface area contributed by atoms with Gasteiger partial charge >= 0.3 is 0 Å². The maximum Gasteiger partial charge on any atom is 0.255 e. The van der Waals surface area contributed by atoms with Gasteiger partial charge in [-0.3, -0.25) is 4.79 Å². The molecule has 0 aromatic carbocycles. The molecule has 5 heteroatoms. The van der Waals surface area contributed by atoms with E-state index < -0.39 is 0 Å². The van der Waals surface area contributed by atoms with Crippen LogP contribution in [0.1, 0.15) is 35.9 Å². The number of aromatic amines is 1. The number of H-pyrrole nitrogens is 1. The molecule has 0 aliphatic rings. The first-order valence-electron chi connectivity index (χ1n) is 6.51. The van der Waals surface area contributed by atoms with Crippen LogP contribution in [0.3, 0.4) is 0 Å². The van der Waals surface area contributed by atoms with Crippen LogP contribution < -0.4 is 5.56 Å². The van der Waals surface area contributed by atoms with Crippen molar-refractivity contribution < 1.29 is 0 Å². The molecule has 2 heterocycles. The third-order valence-electron chi connectivity index (χ3n) is 2.85. The Kier molecular flexibility index (Phi) is 5.20. The van der Waals surface area contributed by atoms with Crippen molar-refractivity contribution in [2.45, 2.75) is 31.3 Å². The van der Waals surface area contributed by atoms with E-state index in [9.17, 15) is 4.79 Å². The van der Waals surface area contributed by atoms with Crippen LogP contribution in [0.25, 0.3) is 0 Å². The van der Waals surface area contributed by atoms with Crippen molar-refractivity contribution >= 4 is 23.1 Å². The van der Waals surface area contributed by atoms with Crippen molar-refractivity contribution in [1.29, 1.82) is 0 Å². The SMILES string of the molecule is C=CCSc1nc(Cc2cccs2)c(C(C)C)c(=O)[nH]1. The van der Waals surface area contributed by atoms with Gasteiger partial charge in [-0.2, -0.15) is 0 Å². The third kappa shape index (κ3) is 3.61. The van der Waals surface area contributed by atoms with Crippen LogP contribution in [-0.4, -0.2) is 15.7 Å². The van der Waals surface area contributed by atoms with Crippen LogP contribution in [0.2, 0.25) is 0 Å². The molecule has 0 unspecified atom stereocenters. The van der Waals surface area contributed by atoms with Crippen molar-refractivity contribution in [2.24, 2.45) is 0 Å². The maximum absolute atomic E-state index is 12.3. The van der Waals surface area contributed by atoms with E-state index in [1.165, 1.54) is 16.6 Å². The Balaban J connectivity index is 2.41. The second-order valence-electron chi connectivity index (χ2n) is 4.74. The van der Waals surface area contributed by atoms with Gasteiger partial charge in [0, 0.05) is 22.6 Å². The Morgan fingerprint density at radius 1 is 1.55 bits per heavy atom. The van der Waals surface area contributed by atoms with E-state index in [0.29, 0.717) is 5.16 Å². The zero-order chi connectivity index (χ0) is 14.5. The summed E-state index contributed by atoms with van der Waals surface area (Å²) in [5.74, 6) is 0.905. The molecule has 2 aromatic rings. The van der Waals surface area contributed by atoms with E-state index in [1.807, 2.05) is 25.3 Å². The molecule has 3 nitrogen and oxygen atoms in total. The molecule has 0 saturated heterocycles. The highest BCUT2D eigenvalue weighted by molar-refractivity contribution is 7.99. The predicted octanol–water partition coefficient (Wildman–Crippen LogP) is 3.82. The average molecular weight is 306 g/mol. The first kappa shape index (κ1) is 15.1. The maximum atomic E-state index is 12.3. The van der Waals surface area contributed by atoms with Gasteiger partial charge in [0.15, 0.2) is 5.16 Å². The largest absolute Gasteiger partial charge is 0.301 e. The molecule has 0 aliphatic heterocycles. The second-order valence-corrected chi connectivity index (χ2v) is 6.78. The fraction of sp³-hybridized carbons (Fsp3) is 0.333. The lowest BCUT2D eigenvalue weighted by Gasteiger charge is -2.11. The first-order valence-corrected chi connectivity index (χ1v) is 8.37. The number of nitrogens with one attached hydrogen (secondary N) is 1. The van der Waals surface area contributed by atoms with Crippen LogP contribution in [0.5, 0.6) is 0 Å². The number of thioether (sulfide) groups is 1. The molecule has 0 fully saturated rings. The lowest BCUT2D eigenvalue weighted by Crippen LogP contribution is -2.20. The minimum Gasteiger partial charge on any atom is -0.301 e. The molecule has 0 atom stereocenters. The number of hydrogen-bond donors (Lipinski definition) is 1. The van der Waals surface area contributed by atoms with Gasteiger partial charge in [-0.15, -0.1) is 17.9 Å². The summed E-state index contributed by atoms with van der Waals surface area (Å²) in [7, 11) is 0. The minimum absolute atomic E-state index is 0.0203. The summed E-state index contributed by atoms with van der Waals surface area (Å²) < 4.78 is 0. The highest BCUT2D eigenvalue weighted by Crippen LogP contribution is 2.21. The van der Waals surface area contributed by atoms with Crippen molar-refractivity contribution in [1.82, 2.24) is 9.97 Å². The summed E-state index contributed by atoms with van der Waals surface area (Å²) in [6, 6.07) is 4.10. The molecular weight excluding hydrogens is 288 g/mol. The van der Waals surface area contributed by atoms with Crippen LogP contribution in [-0.2, 0) is 6.42 Å². The van der Waals surface area contributed by atoms with Gasteiger partial charge in [0.1, 0.15) is 0 Å². The molecule has 0 saturated carbocycles. The van der Waals surface area contributed by atoms with E-state index in [4.69, 9.17) is 0 Å². The highest BCUT2D eigenvalue weighted by atomic mass is 32.2. The normalized spacial score (nSPS) is 10.9. The summed E-state index contributed by atoms with van der Waals surface area (Å²) in [4.78, 5) is 21.0. The van der Waals surface area contributed by atoms with Crippen LogP contribution >= 0.6 is 23.1 Å². The number of nitrogens with zero attached hydrogens (tertiary/aromatic N) is 1. The molecule has 2 aromatic heterocycles. The zero-order valence-corrected chi connectivity index (χ0v) is 13.3. The van der Waals surface area contributed by atoms with Crippen molar-refractivity contribution in [3.05, 3.63) is 56.7 Å². The molecule has 20 heavy (non-hydrogen) atoms. The Labute approximate surface area is 127 Å². The Bertz CT molecular complexity index is 630. The Morgan fingerprint density at radius 2 is 2.35 bits per heavy atom. The van der Waals surface area contributed by atoms with Crippen molar-refractivity contribution in [3.8, 4) is 0 Å². The quantitative estimate of drug-likeness (QED) is 0.501. The summed E-state index contributed by atoms with van der Waals surface area (Å²) in [6.45, 7) is 7.75. The molecule has 0 radical (unpaired) electrons. The standard InChI is InChI=1S/C15H18N2OS2/c1-4-7-20-15-16-12(9-11-6-5-8-19-11)13(10(2)3)14(18)17-15/h4-6,8,10H,1,7,9H2,2-3H3,(H,16,17,18). The zero-order valence-electron chi connectivity index (χ0n) is 11.7. The number of hydrogen-bond acceptors (Lipinski definition) is 4. The van der Waals surface area contributed by atoms with E-state index in [0.717, 1.165) is 23.4 Å². The summed E-state index contributed by atoms with van der Waals surface area (Å²) in [5.41, 5.74) is 1.66.